The van der Waals surface area contributed by atoms with Crippen molar-refractivity contribution in [3.63, 3.8) is 0 Å². The Labute approximate surface area is 106 Å². The molecule has 0 saturated heterocycles. The molecule has 2 aromatic rings. The minimum absolute atomic E-state index is 0.0256. The standard InChI is InChI=1S/C13H17N3O2/c1-8-6-11(9(2)14)4-5-12(8)17-7-13-15-10(3)18-16-13/h4-6,9H,7,14H2,1-3H3. The van der Waals surface area contributed by atoms with Crippen LogP contribution in [0.3, 0.4) is 0 Å². The van der Waals surface area contributed by atoms with Gasteiger partial charge in [-0.1, -0.05) is 17.3 Å². The lowest BCUT2D eigenvalue weighted by molar-refractivity contribution is 0.284. The predicted octanol–water partition coefficient (Wildman–Crippen LogP) is 2.29. The van der Waals surface area contributed by atoms with Gasteiger partial charge in [-0.15, -0.1) is 0 Å². The zero-order valence-corrected chi connectivity index (χ0v) is 10.8. The lowest BCUT2D eigenvalue weighted by atomic mass is 10.1. The first-order valence-corrected chi connectivity index (χ1v) is 5.84. The molecule has 0 radical (unpaired) electrons. The summed E-state index contributed by atoms with van der Waals surface area (Å²) >= 11 is 0. The molecule has 0 spiro atoms. The normalized spacial score (nSPS) is 12.4. The molecule has 0 saturated carbocycles. The van der Waals surface area contributed by atoms with E-state index in [-0.39, 0.29) is 6.04 Å². The number of hydrogen-bond donors (Lipinski definition) is 1. The summed E-state index contributed by atoms with van der Waals surface area (Å²) < 4.78 is 10.5. The van der Waals surface area contributed by atoms with E-state index in [1.165, 1.54) is 0 Å². The monoisotopic (exact) mass is 247 g/mol. The van der Waals surface area contributed by atoms with Gasteiger partial charge in [-0.2, -0.15) is 4.98 Å². The molecule has 96 valence electrons. The Morgan fingerprint density at radius 1 is 1.39 bits per heavy atom. The number of nitrogens with two attached hydrogens (primary N) is 1. The van der Waals surface area contributed by atoms with E-state index in [0.717, 1.165) is 16.9 Å². The molecule has 0 aliphatic heterocycles. The minimum Gasteiger partial charge on any atom is -0.485 e. The van der Waals surface area contributed by atoms with Gasteiger partial charge in [-0.3, -0.25) is 0 Å². The molecule has 5 nitrogen and oxygen atoms in total. The van der Waals surface area contributed by atoms with Gasteiger partial charge in [0.15, 0.2) is 6.61 Å². The summed E-state index contributed by atoms with van der Waals surface area (Å²) in [6.07, 6.45) is 0. The maximum absolute atomic E-state index is 5.83. The van der Waals surface area contributed by atoms with Gasteiger partial charge < -0.3 is 15.0 Å². The van der Waals surface area contributed by atoms with E-state index in [1.54, 1.807) is 6.92 Å². The average molecular weight is 247 g/mol. The molecule has 0 aliphatic carbocycles. The zero-order valence-electron chi connectivity index (χ0n) is 10.8. The van der Waals surface area contributed by atoms with Gasteiger partial charge in [-0.25, -0.2) is 0 Å². The number of benzene rings is 1. The Hall–Kier alpha value is -1.88. The second kappa shape index (κ2) is 5.18. The van der Waals surface area contributed by atoms with Crippen molar-refractivity contribution in [2.75, 3.05) is 0 Å². The van der Waals surface area contributed by atoms with Gasteiger partial charge >= 0.3 is 0 Å². The number of aryl methyl sites for hydroxylation is 2. The Kier molecular flexibility index (Phi) is 3.62. The lowest BCUT2D eigenvalue weighted by Gasteiger charge is -2.11. The molecule has 18 heavy (non-hydrogen) atoms. The topological polar surface area (TPSA) is 74.2 Å². The highest BCUT2D eigenvalue weighted by molar-refractivity contribution is 5.37. The highest BCUT2D eigenvalue weighted by Gasteiger charge is 2.07. The molecule has 1 heterocycles. The summed E-state index contributed by atoms with van der Waals surface area (Å²) in [7, 11) is 0. The van der Waals surface area contributed by atoms with Crippen molar-refractivity contribution in [2.24, 2.45) is 5.73 Å². The fraction of sp³-hybridized carbons (Fsp3) is 0.385. The molecular weight excluding hydrogens is 230 g/mol. The van der Waals surface area contributed by atoms with Crippen LogP contribution in [0.4, 0.5) is 0 Å². The Bertz CT molecular complexity index is 535. The van der Waals surface area contributed by atoms with Gasteiger partial charge in [0, 0.05) is 13.0 Å². The van der Waals surface area contributed by atoms with Crippen LogP contribution in [0.5, 0.6) is 5.75 Å². The summed E-state index contributed by atoms with van der Waals surface area (Å²) in [5, 5.41) is 3.78. The van der Waals surface area contributed by atoms with E-state index >= 15 is 0 Å². The van der Waals surface area contributed by atoms with Crippen LogP contribution in [0, 0.1) is 13.8 Å². The summed E-state index contributed by atoms with van der Waals surface area (Å²) in [6.45, 7) is 6.00. The first kappa shape index (κ1) is 12.6. The van der Waals surface area contributed by atoms with Crippen LogP contribution in [0.1, 0.15) is 35.8 Å². The van der Waals surface area contributed by atoms with Crippen molar-refractivity contribution in [2.45, 2.75) is 33.4 Å². The summed E-state index contributed by atoms with van der Waals surface area (Å²) in [5.74, 6) is 1.89. The van der Waals surface area contributed by atoms with Crippen molar-refractivity contribution in [3.05, 3.63) is 41.0 Å². The highest BCUT2D eigenvalue weighted by Crippen LogP contribution is 2.22. The quantitative estimate of drug-likeness (QED) is 0.897. The van der Waals surface area contributed by atoms with Crippen LogP contribution >= 0.6 is 0 Å². The van der Waals surface area contributed by atoms with Crippen LogP contribution in [-0.2, 0) is 6.61 Å². The maximum atomic E-state index is 5.83. The second-order valence-corrected chi connectivity index (χ2v) is 4.33. The second-order valence-electron chi connectivity index (χ2n) is 4.33. The van der Waals surface area contributed by atoms with Crippen molar-refractivity contribution >= 4 is 0 Å². The van der Waals surface area contributed by atoms with Gasteiger partial charge in [-0.05, 0) is 31.0 Å². The van der Waals surface area contributed by atoms with Crippen molar-refractivity contribution in [3.8, 4) is 5.75 Å². The van der Waals surface area contributed by atoms with Gasteiger partial charge in [0.1, 0.15) is 5.75 Å². The van der Waals surface area contributed by atoms with E-state index in [9.17, 15) is 0 Å². The third-order valence-electron chi connectivity index (χ3n) is 2.65. The number of nitrogens with zero attached hydrogens (tertiary/aromatic N) is 2. The van der Waals surface area contributed by atoms with Crippen molar-refractivity contribution in [1.82, 2.24) is 10.1 Å². The molecule has 5 heteroatoms. The fourth-order valence-electron chi connectivity index (χ4n) is 1.66. The molecule has 2 N–H and O–H groups in total. The third kappa shape index (κ3) is 2.87. The molecule has 1 aromatic carbocycles. The minimum atomic E-state index is 0.0256. The summed E-state index contributed by atoms with van der Waals surface area (Å²) in [5.41, 5.74) is 7.97. The van der Waals surface area contributed by atoms with E-state index < -0.39 is 0 Å². The van der Waals surface area contributed by atoms with Crippen molar-refractivity contribution < 1.29 is 9.26 Å². The molecule has 0 fully saturated rings. The lowest BCUT2D eigenvalue weighted by Crippen LogP contribution is -2.06. The zero-order chi connectivity index (χ0) is 13.1. The fourth-order valence-corrected chi connectivity index (χ4v) is 1.66. The predicted molar refractivity (Wildman–Crippen MR) is 67.1 cm³/mol. The molecule has 1 aromatic heterocycles. The average Bonchev–Trinajstić information content (AvgIpc) is 2.73. The van der Waals surface area contributed by atoms with E-state index in [0.29, 0.717) is 18.3 Å². The van der Waals surface area contributed by atoms with Crippen molar-refractivity contribution in [1.29, 1.82) is 0 Å². The number of hydrogen-bond acceptors (Lipinski definition) is 5. The number of aromatic nitrogens is 2. The van der Waals surface area contributed by atoms with Gasteiger partial charge in [0.05, 0.1) is 0 Å². The van der Waals surface area contributed by atoms with Crippen LogP contribution in [0.2, 0.25) is 0 Å². The van der Waals surface area contributed by atoms with E-state index in [2.05, 4.69) is 10.1 Å². The van der Waals surface area contributed by atoms with Gasteiger partial charge in [0.2, 0.25) is 11.7 Å². The first-order valence-electron chi connectivity index (χ1n) is 5.84. The maximum Gasteiger partial charge on any atom is 0.223 e. The molecule has 0 bridgehead atoms. The Balaban J connectivity index is 2.05. The van der Waals surface area contributed by atoms with Gasteiger partial charge in [0.25, 0.3) is 0 Å². The molecule has 1 unspecified atom stereocenters. The third-order valence-corrected chi connectivity index (χ3v) is 2.65. The number of rotatable bonds is 4. The first-order chi connectivity index (χ1) is 8.56. The molecule has 0 amide bonds. The molecule has 2 rings (SSSR count). The molecular formula is C13H17N3O2. The Morgan fingerprint density at radius 2 is 2.17 bits per heavy atom. The van der Waals surface area contributed by atoms with Crippen LogP contribution in [-0.4, -0.2) is 10.1 Å². The molecule has 1 atom stereocenters. The van der Waals surface area contributed by atoms with Crippen LogP contribution < -0.4 is 10.5 Å². The number of ether oxygens (including phenoxy) is 1. The smallest absolute Gasteiger partial charge is 0.223 e. The highest BCUT2D eigenvalue weighted by atomic mass is 16.5. The summed E-state index contributed by atoms with van der Waals surface area (Å²) in [4.78, 5) is 4.08. The summed E-state index contributed by atoms with van der Waals surface area (Å²) in [6, 6.07) is 5.94. The largest absolute Gasteiger partial charge is 0.485 e. The van der Waals surface area contributed by atoms with E-state index in [4.69, 9.17) is 15.0 Å². The SMILES string of the molecule is Cc1nc(COc2ccc(C(C)N)cc2C)no1. The molecule has 0 aliphatic rings. The van der Waals surface area contributed by atoms with Crippen LogP contribution in [0.25, 0.3) is 0 Å². The van der Waals surface area contributed by atoms with E-state index in [1.807, 2.05) is 32.0 Å². The van der Waals surface area contributed by atoms with Crippen LogP contribution in [0.15, 0.2) is 22.7 Å². The Morgan fingerprint density at radius 3 is 2.72 bits per heavy atom.